The minimum atomic E-state index is -0.320. The van der Waals surface area contributed by atoms with Crippen LogP contribution in [0.4, 0.5) is 11.4 Å². The molecule has 0 bridgehead atoms. The molecule has 6 heteroatoms. The van der Waals surface area contributed by atoms with E-state index in [2.05, 4.69) is 5.32 Å². The number of benzene rings is 2. The molecule has 21 heavy (non-hydrogen) atoms. The molecule has 0 atom stereocenters. The Kier molecular flexibility index (Phi) is 4.94. The third-order valence-electron chi connectivity index (χ3n) is 2.92. The summed E-state index contributed by atoms with van der Waals surface area (Å²) in [6.45, 7) is 1.63. The fourth-order valence-electron chi connectivity index (χ4n) is 1.73. The molecule has 0 aliphatic carbocycles. The maximum atomic E-state index is 11.9. The molecule has 0 saturated carbocycles. The molecule has 0 saturated heterocycles. The average molecular weight is 325 g/mol. The Balaban J connectivity index is 2.01. The van der Waals surface area contributed by atoms with Crippen LogP contribution in [0.2, 0.25) is 10.0 Å². The van der Waals surface area contributed by atoms with E-state index in [4.69, 9.17) is 33.7 Å². The van der Waals surface area contributed by atoms with Crippen molar-refractivity contribution in [3.05, 3.63) is 52.0 Å². The zero-order valence-corrected chi connectivity index (χ0v) is 12.8. The fourth-order valence-corrected chi connectivity index (χ4v) is 2.24. The predicted molar refractivity (Wildman–Crippen MR) is 86.2 cm³/mol. The van der Waals surface area contributed by atoms with Crippen molar-refractivity contribution in [2.75, 3.05) is 17.7 Å². The average Bonchev–Trinajstić information content (AvgIpc) is 2.43. The van der Waals surface area contributed by atoms with Crippen molar-refractivity contribution in [2.24, 2.45) is 0 Å². The Labute approximate surface area is 132 Å². The van der Waals surface area contributed by atoms with Gasteiger partial charge < -0.3 is 15.8 Å². The maximum absolute atomic E-state index is 11.9. The quantitative estimate of drug-likeness (QED) is 0.838. The molecular formula is C15H14Cl2N2O2. The lowest BCUT2D eigenvalue weighted by molar-refractivity contribution is -0.118. The minimum Gasteiger partial charge on any atom is -0.481 e. The number of amides is 1. The first-order chi connectivity index (χ1) is 9.99. The van der Waals surface area contributed by atoms with Gasteiger partial charge in [0.15, 0.2) is 12.4 Å². The number of carbonyl (C=O) groups is 1. The van der Waals surface area contributed by atoms with Gasteiger partial charge in [0.25, 0.3) is 5.91 Å². The van der Waals surface area contributed by atoms with E-state index in [1.165, 1.54) is 0 Å². The summed E-state index contributed by atoms with van der Waals surface area (Å²) in [6, 6.07) is 10.3. The lowest BCUT2D eigenvalue weighted by Gasteiger charge is -2.12. The number of ether oxygens (including phenoxy) is 1. The third-order valence-corrected chi connectivity index (χ3v) is 3.51. The van der Waals surface area contributed by atoms with Crippen LogP contribution in [-0.4, -0.2) is 12.5 Å². The molecule has 2 aromatic carbocycles. The van der Waals surface area contributed by atoms with Crippen molar-refractivity contribution in [1.29, 1.82) is 0 Å². The summed E-state index contributed by atoms with van der Waals surface area (Å²) in [4.78, 5) is 11.9. The second-order valence-corrected chi connectivity index (χ2v) is 5.22. The lowest BCUT2D eigenvalue weighted by atomic mass is 10.1. The summed E-state index contributed by atoms with van der Waals surface area (Å²) in [5.41, 5.74) is 7.85. The minimum absolute atomic E-state index is 0.197. The third kappa shape index (κ3) is 3.80. The number of nitrogen functional groups attached to an aromatic ring is 1. The molecule has 110 valence electrons. The first kappa shape index (κ1) is 15.5. The molecule has 0 aliphatic rings. The van der Waals surface area contributed by atoms with Gasteiger partial charge in [0, 0.05) is 11.4 Å². The van der Waals surface area contributed by atoms with Gasteiger partial charge in [-0.3, -0.25) is 4.79 Å². The number of rotatable bonds is 4. The van der Waals surface area contributed by atoms with E-state index in [1.54, 1.807) is 36.4 Å². The van der Waals surface area contributed by atoms with Crippen molar-refractivity contribution in [2.45, 2.75) is 6.92 Å². The molecule has 1 amide bonds. The van der Waals surface area contributed by atoms with Gasteiger partial charge in [0.1, 0.15) is 0 Å². The molecule has 0 aromatic heterocycles. The van der Waals surface area contributed by atoms with E-state index in [1.807, 2.05) is 6.92 Å². The smallest absolute Gasteiger partial charge is 0.262 e. The molecule has 2 aromatic rings. The molecule has 4 nitrogen and oxygen atoms in total. The summed E-state index contributed by atoms with van der Waals surface area (Å²) in [5, 5.41) is 3.44. The van der Waals surface area contributed by atoms with Gasteiger partial charge >= 0.3 is 0 Å². The number of para-hydroxylation sites is 1. The molecule has 2 rings (SSSR count). The van der Waals surface area contributed by atoms with Crippen LogP contribution < -0.4 is 15.8 Å². The van der Waals surface area contributed by atoms with E-state index in [9.17, 15) is 4.79 Å². The summed E-state index contributed by atoms with van der Waals surface area (Å²) < 4.78 is 5.36. The Morgan fingerprint density at radius 2 is 1.81 bits per heavy atom. The van der Waals surface area contributed by atoms with Gasteiger partial charge in [0.05, 0.1) is 10.0 Å². The van der Waals surface area contributed by atoms with Gasteiger partial charge in [-0.25, -0.2) is 0 Å². The Morgan fingerprint density at radius 1 is 1.19 bits per heavy atom. The number of anilines is 2. The predicted octanol–water partition coefficient (Wildman–Crippen LogP) is 3.90. The van der Waals surface area contributed by atoms with Gasteiger partial charge in [-0.1, -0.05) is 35.3 Å². The number of hydrogen-bond acceptors (Lipinski definition) is 3. The highest BCUT2D eigenvalue weighted by molar-refractivity contribution is 6.37. The van der Waals surface area contributed by atoms with Gasteiger partial charge in [-0.2, -0.15) is 0 Å². The Morgan fingerprint density at radius 3 is 2.48 bits per heavy atom. The van der Waals surface area contributed by atoms with E-state index >= 15 is 0 Å². The van der Waals surface area contributed by atoms with E-state index < -0.39 is 0 Å². The molecule has 0 radical (unpaired) electrons. The Bertz CT molecular complexity index is 654. The molecule has 3 N–H and O–H groups in total. The molecule has 0 heterocycles. The van der Waals surface area contributed by atoms with Crippen molar-refractivity contribution < 1.29 is 9.53 Å². The van der Waals surface area contributed by atoms with Crippen LogP contribution in [-0.2, 0) is 4.79 Å². The van der Waals surface area contributed by atoms with Crippen LogP contribution in [0, 0.1) is 6.92 Å². The number of hydrogen-bond donors (Lipinski definition) is 2. The first-order valence-corrected chi connectivity index (χ1v) is 6.96. The summed E-state index contributed by atoms with van der Waals surface area (Å²) in [7, 11) is 0. The van der Waals surface area contributed by atoms with Crippen LogP contribution in [0.15, 0.2) is 36.4 Å². The van der Waals surface area contributed by atoms with Gasteiger partial charge in [-0.05, 0) is 36.8 Å². The van der Waals surface area contributed by atoms with E-state index in [0.29, 0.717) is 27.2 Å². The molecule has 0 fully saturated rings. The van der Waals surface area contributed by atoms with Crippen molar-refractivity contribution in [1.82, 2.24) is 0 Å². The second-order valence-electron chi connectivity index (χ2n) is 4.41. The monoisotopic (exact) mass is 324 g/mol. The first-order valence-electron chi connectivity index (χ1n) is 6.21. The zero-order valence-electron chi connectivity index (χ0n) is 11.3. The topological polar surface area (TPSA) is 64.3 Å². The highest BCUT2D eigenvalue weighted by atomic mass is 35.5. The fraction of sp³-hybridized carbons (Fsp3) is 0.133. The second kappa shape index (κ2) is 6.70. The molecule has 0 spiro atoms. The highest BCUT2D eigenvalue weighted by Gasteiger charge is 2.11. The van der Waals surface area contributed by atoms with Crippen LogP contribution >= 0.6 is 23.2 Å². The Hall–Kier alpha value is -1.91. The van der Waals surface area contributed by atoms with Crippen LogP contribution in [0.25, 0.3) is 0 Å². The number of halogens is 2. The number of nitrogens with two attached hydrogens (primary N) is 1. The van der Waals surface area contributed by atoms with Crippen LogP contribution in [0.1, 0.15) is 5.56 Å². The lowest BCUT2D eigenvalue weighted by Crippen LogP contribution is -2.21. The number of nitrogens with one attached hydrogen (secondary N) is 1. The normalized spacial score (nSPS) is 10.2. The van der Waals surface area contributed by atoms with Gasteiger partial charge in [-0.15, -0.1) is 0 Å². The van der Waals surface area contributed by atoms with Crippen molar-refractivity contribution in [3.8, 4) is 5.75 Å². The summed E-state index contributed by atoms with van der Waals surface area (Å²) in [5.74, 6) is -0.0278. The van der Waals surface area contributed by atoms with E-state index in [-0.39, 0.29) is 12.5 Å². The van der Waals surface area contributed by atoms with Crippen LogP contribution in [0.5, 0.6) is 5.75 Å². The number of carbonyl (C=O) groups excluding carboxylic acids is 1. The maximum Gasteiger partial charge on any atom is 0.262 e. The van der Waals surface area contributed by atoms with Crippen LogP contribution in [0.3, 0.4) is 0 Å². The summed E-state index contributed by atoms with van der Waals surface area (Å²) in [6.07, 6.45) is 0. The van der Waals surface area contributed by atoms with Crippen molar-refractivity contribution in [3.63, 3.8) is 0 Å². The molecule has 0 unspecified atom stereocenters. The molecular weight excluding hydrogens is 311 g/mol. The molecule has 0 aliphatic heterocycles. The summed E-state index contributed by atoms with van der Waals surface area (Å²) >= 11 is 11.9. The largest absolute Gasteiger partial charge is 0.481 e. The van der Waals surface area contributed by atoms with Crippen molar-refractivity contribution >= 4 is 40.5 Å². The zero-order chi connectivity index (χ0) is 15.4. The van der Waals surface area contributed by atoms with E-state index in [0.717, 1.165) is 5.56 Å². The standard InChI is InChI=1S/C15H14Cl2N2O2/c1-9-12(18)6-3-7-13(9)19-14(20)8-21-15-10(16)4-2-5-11(15)17/h2-7H,8,18H2,1H3,(H,19,20). The highest BCUT2D eigenvalue weighted by Crippen LogP contribution is 2.32. The van der Waals surface area contributed by atoms with Gasteiger partial charge in [0.2, 0.25) is 0 Å². The SMILES string of the molecule is Cc1c(N)cccc1NC(=O)COc1c(Cl)cccc1Cl.